The van der Waals surface area contributed by atoms with Crippen molar-refractivity contribution in [3.63, 3.8) is 0 Å². The van der Waals surface area contributed by atoms with Crippen molar-refractivity contribution in [2.24, 2.45) is 0 Å². The van der Waals surface area contributed by atoms with Gasteiger partial charge in [0.1, 0.15) is 11.5 Å². The second kappa shape index (κ2) is 5.48. The van der Waals surface area contributed by atoms with Gasteiger partial charge >= 0.3 is 0 Å². The third-order valence-corrected chi connectivity index (χ3v) is 3.59. The number of rotatable bonds is 3. The van der Waals surface area contributed by atoms with Crippen LogP contribution in [-0.4, -0.2) is 33.4 Å². The first-order valence-electron chi connectivity index (χ1n) is 6.53. The van der Waals surface area contributed by atoms with Gasteiger partial charge in [-0.2, -0.15) is 0 Å². The van der Waals surface area contributed by atoms with Gasteiger partial charge in [-0.05, 0) is 31.0 Å². The zero-order valence-corrected chi connectivity index (χ0v) is 10.7. The van der Waals surface area contributed by atoms with Gasteiger partial charge in [0.15, 0.2) is 0 Å². The predicted octanol–water partition coefficient (Wildman–Crippen LogP) is 1.52. The lowest BCUT2D eigenvalue weighted by atomic mass is 9.85. The maximum absolute atomic E-state index is 11.9. The molecule has 0 aliphatic heterocycles. The van der Waals surface area contributed by atoms with E-state index in [1.54, 1.807) is 0 Å². The maximum Gasteiger partial charge on any atom is 0.255 e. The molecule has 0 atom stereocenters. The Balaban J connectivity index is 1.99. The highest BCUT2D eigenvalue weighted by Crippen LogP contribution is 2.28. The molecule has 0 spiro atoms. The Morgan fingerprint density at radius 3 is 2.58 bits per heavy atom. The number of hydrogen-bond donors (Lipinski definition) is 4. The van der Waals surface area contributed by atoms with Crippen molar-refractivity contribution in [2.75, 3.05) is 6.54 Å². The molecule has 5 heteroatoms. The first kappa shape index (κ1) is 13.7. The predicted molar refractivity (Wildman–Crippen MR) is 70.1 cm³/mol. The molecule has 0 radical (unpaired) electrons. The van der Waals surface area contributed by atoms with Gasteiger partial charge < -0.3 is 20.6 Å². The third-order valence-electron chi connectivity index (χ3n) is 3.59. The minimum atomic E-state index is -0.847. The Morgan fingerprint density at radius 2 is 1.89 bits per heavy atom. The fourth-order valence-electron chi connectivity index (χ4n) is 2.43. The Morgan fingerprint density at radius 1 is 1.21 bits per heavy atom. The molecule has 1 aromatic rings. The summed E-state index contributed by atoms with van der Waals surface area (Å²) < 4.78 is 0. The largest absolute Gasteiger partial charge is 0.508 e. The van der Waals surface area contributed by atoms with Gasteiger partial charge in [-0.3, -0.25) is 4.79 Å². The third kappa shape index (κ3) is 3.38. The number of hydrogen-bond acceptors (Lipinski definition) is 4. The molecular weight excluding hydrogens is 246 g/mol. The molecule has 0 heterocycles. The Kier molecular flexibility index (Phi) is 3.95. The number of aromatic hydroxyl groups is 2. The van der Waals surface area contributed by atoms with Gasteiger partial charge in [0.2, 0.25) is 0 Å². The SMILES string of the molecule is O=C(NCC1(O)CCCCC1)c1cc(O)ccc1O. The molecule has 4 N–H and O–H groups in total. The van der Waals surface area contributed by atoms with Crippen LogP contribution in [0.5, 0.6) is 11.5 Å². The van der Waals surface area contributed by atoms with E-state index in [2.05, 4.69) is 5.32 Å². The lowest BCUT2D eigenvalue weighted by Crippen LogP contribution is -2.44. The molecule has 1 fully saturated rings. The van der Waals surface area contributed by atoms with Crippen LogP contribution >= 0.6 is 0 Å². The fraction of sp³-hybridized carbons (Fsp3) is 0.500. The quantitative estimate of drug-likeness (QED) is 0.624. The normalized spacial score (nSPS) is 17.9. The van der Waals surface area contributed by atoms with Crippen molar-refractivity contribution in [2.45, 2.75) is 37.7 Å². The van der Waals surface area contributed by atoms with Crippen LogP contribution in [0.15, 0.2) is 18.2 Å². The van der Waals surface area contributed by atoms with Crippen LogP contribution in [0.2, 0.25) is 0 Å². The average Bonchev–Trinajstić information content (AvgIpc) is 2.40. The van der Waals surface area contributed by atoms with E-state index in [-0.39, 0.29) is 23.6 Å². The van der Waals surface area contributed by atoms with Gasteiger partial charge in [-0.1, -0.05) is 19.3 Å². The molecule has 1 aromatic carbocycles. The zero-order valence-electron chi connectivity index (χ0n) is 10.7. The van der Waals surface area contributed by atoms with E-state index in [0.29, 0.717) is 12.8 Å². The molecule has 104 valence electrons. The van der Waals surface area contributed by atoms with E-state index < -0.39 is 11.5 Å². The number of amides is 1. The molecule has 0 saturated heterocycles. The number of benzene rings is 1. The van der Waals surface area contributed by atoms with Crippen LogP contribution in [0.1, 0.15) is 42.5 Å². The summed E-state index contributed by atoms with van der Waals surface area (Å²) in [5.41, 5.74) is -0.834. The number of phenolic OH excluding ortho intramolecular Hbond substituents is 2. The van der Waals surface area contributed by atoms with Gasteiger partial charge in [0.25, 0.3) is 5.91 Å². The summed E-state index contributed by atoms with van der Waals surface area (Å²) in [6, 6.07) is 3.77. The van der Waals surface area contributed by atoms with Crippen LogP contribution < -0.4 is 5.32 Å². The highest BCUT2D eigenvalue weighted by atomic mass is 16.3. The number of aliphatic hydroxyl groups is 1. The standard InChI is InChI=1S/C14H19NO4/c16-10-4-5-12(17)11(8-10)13(18)15-9-14(19)6-2-1-3-7-14/h4-5,8,16-17,19H,1-3,6-7,9H2,(H,15,18). The van der Waals surface area contributed by atoms with Crippen LogP contribution in [0.25, 0.3) is 0 Å². The number of carbonyl (C=O) groups is 1. The van der Waals surface area contributed by atoms with Crippen LogP contribution in [0.3, 0.4) is 0 Å². The van der Waals surface area contributed by atoms with E-state index in [1.807, 2.05) is 0 Å². The molecule has 1 aliphatic rings. The summed E-state index contributed by atoms with van der Waals surface area (Å²) in [6.45, 7) is 0.168. The van der Waals surface area contributed by atoms with Crippen LogP contribution in [0, 0.1) is 0 Å². The number of carbonyl (C=O) groups excluding carboxylic acids is 1. The van der Waals surface area contributed by atoms with Crippen molar-refractivity contribution < 1.29 is 20.1 Å². The summed E-state index contributed by atoms with van der Waals surface area (Å²) in [7, 11) is 0. The van der Waals surface area contributed by atoms with Gasteiger partial charge in [0, 0.05) is 6.54 Å². The summed E-state index contributed by atoms with van der Waals surface area (Å²) in [5, 5.41) is 31.8. The van der Waals surface area contributed by atoms with E-state index >= 15 is 0 Å². The highest BCUT2D eigenvalue weighted by Gasteiger charge is 2.29. The Hall–Kier alpha value is -1.75. The monoisotopic (exact) mass is 265 g/mol. The second-order valence-corrected chi connectivity index (χ2v) is 5.17. The first-order valence-corrected chi connectivity index (χ1v) is 6.53. The van der Waals surface area contributed by atoms with Gasteiger partial charge in [-0.15, -0.1) is 0 Å². The minimum absolute atomic E-state index is 0.0133. The van der Waals surface area contributed by atoms with Crippen molar-refractivity contribution in [1.29, 1.82) is 0 Å². The molecule has 1 aliphatic carbocycles. The van der Waals surface area contributed by atoms with E-state index in [1.165, 1.54) is 18.2 Å². The zero-order chi connectivity index (χ0) is 13.9. The van der Waals surface area contributed by atoms with E-state index in [9.17, 15) is 20.1 Å². The van der Waals surface area contributed by atoms with E-state index in [0.717, 1.165) is 19.3 Å². The Labute approximate surface area is 111 Å². The van der Waals surface area contributed by atoms with Crippen LogP contribution in [-0.2, 0) is 0 Å². The summed E-state index contributed by atoms with van der Waals surface area (Å²) in [5.74, 6) is -0.766. The topological polar surface area (TPSA) is 89.8 Å². The number of nitrogens with one attached hydrogen (secondary N) is 1. The second-order valence-electron chi connectivity index (χ2n) is 5.17. The molecule has 0 aromatic heterocycles. The lowest BCUT2D eigenvalue weighted by Gasteiger charge is -2.32. The molecule has 2 rings (SSSR count). The molecule has 0 bridgehead atoms. The highest BCUT2D eigenvalue weighted by molar-refractivity contribution is 5.97. The molecule has 0 unspecified atom stereocenters. The number of phenols is 2. The van der Waals surface area contributed by atoms with Gasteiger partial charge in [-0.25, -0.2) is 0 Å². The smallest absolute Gasteiger partial charge is 0.255 e. The lowest BCUT2D eigenvalue weighted by molar-refractivity contribution is 0.00523. The van der Waals surface area contributed by atoms with Crippen molar-refractivity contribution in [3.8, 4) is 11.5 Å². The van der Waals surface area contributed by atoms with E-state index in [4.69, 9.17) is 0 Å². The molecule has 19 heavy (non-hydrogen) atoms. The van der Waals surface area contributed by atoms with Crippen molar-refractivity contribution in [3.05, 3.63) is 23.8 Å². The Bertz CT molecular complexity index is 467. The fourth-order valence-corrected chi connectivity index (χ4v) is 2.43. The van der Waals surface area contributed by atoms with Crippen molar-refractivity contribution in [1.82, 2.24) is 5.32 Å². The molecule has 5 nitrogen and oxygen atoms in total. The molecule has 1 amide bonds. The summed E-state index contributed by atoms with van der Waals surface area (Å²) in [6.07, 6.45) is 4.40. The first-order chi connectivity index (χ1) is 9.00. The summed E-state index contributed by atoms with van der Waals surface area (Å²) >= 11 is 0. The van der Waals surface area contributed by atoms with Gasteiger partial charge in [0.05, 0.1) is 11.2 Å². The minimum Gasteiger partial charge on any atom is -0.508 e. The average molecular weight is 265 g/mol. The van der Waals surface area contributed by atoms with Crippen molar-refractivity contribution >= 4 is 5.91 Å². The molecular formula is C14H19NO4. The molecule has 1 saturated carbocycles. The van der Waals surface area contributed by atoms with Crippen LogP contribution in [0.4, 0.5) is 0 Å². The summed E-state index contributed by atoms with van der Waals surface area (Å²) in [4.78, 5) is 11.9. The maximum atomic E-state index is 11.9.